The summed E-state index contributed by atoms with van der Waals surface area (Å²) >= 11 is 6.19. The topological polar surface area (TPSA) is 36.4 Å². The molecule has 5 heteroatoms. The maximum absolute atomic E-state index is 12.7. The molecule has 108 valence electrons. The maximum atomic E-state index is 12.7. The number of carbonyl (C=O) groups excluding carboxylic acids is 1. The SMILES string of the molecule is Cc1cc(Cl)c(C(=O)N2CCC3CCC(C2)N3C)cn1. The molecule has 2 saturated heterocycles. The van der Waals surface area contributed by atoms with Crippen molar-refractivity contribution in [3.05, 3.63) is 28.5 Å². The van der Waals surface area contributed by atoms with E-state index in [4.69, 9.17) is 11.6 Å². The largest absolute Gasteiger partial charge is 0.337 e. The van der Waals surface area contributed by atoms with Crippen molar-refractivity contribution in [2.75, 3.05) is 20.1 Å². The molecular weight excluding hydrogens is 274 g/mol. The molecule has 0 spiro atoms. The van der Waals surface area contributed by atoms with E-state index in [1.807, 2.05) is 11.8 Å². The van der Waals surface area contributed by atoms with Crippen LogP contribution in [-0.4, -0.2) is 52.9 Å². The first-order chi connectivity index (χ1) is 9.56. The summed E-state index contributed by atoms with van der Waals surface area (Å²) in [7, 11) is 2.18. The molecule has 2 atom stereocenters. The van der Waals surface area contributed by atoms with Gasteiger partial charge in [-0.25, -0.2) is 0 Å². The fourth-order valence-corrected chi connectivity index (χ4v) is 3.63. The second kappa shape index (κ2) is 5.34. The minimum Gasteiger partial charge on any atom is -0.337 e. The van der Waals surface area contributed by atoms with Crippen LogP contribution < -0.4 is 0 Å². The normalized spacial score (nSPS) is 26.6. The second-order valence-electron chi connectivity index (χ2n) is 5.90. The van der Waals surface area contributed by atoms with Gasteiger partial charge < -0.3 is 4.90 Å². The number of aryl methyl sites for hydroxylation is 1. The van der Waals surface area contributed by atoms with Crippen LogP contribution in [0.3, 0.4) is 0 Å². The van der Waals surface area contributed by atoms with Crippen LogP contribution in [0.25, 0.3) is 0 Å². The average molecular weight is 294 g/mol. The van der Waals surface area contributed by atoms with Crippen LogP contribution in [0.15, 0.2) is 12.3 Å². The number of rotatable bonds is 1. The average Bonchev–Trinajstić information content (AvgIpc) is 2.62. The highest BCUT2D eigenvalue weighted by Gasteiger charge is 2.36. The molecule has 2 bridgehead atoms. The molecule has 3 rings (SSSR count). The number of hydrogen-bond donors (Lipinski definition) is 0. The number of aromatic nitrogens is 1. The molecule has 2 aliphatic heterocycles. The molecule has 0 aliphatic carbocycles. The molecule has 20 heavy (non-hydrogen) atoms. The third-order valence-electron chi connectivity index (χ3n) is 4.66. The first-order valence-corrected chi connectivity index (χ1v) is 7.57. The zero-order valence-electron chi connectivity index (χ0n) is 12.0. The van der Waals surface area contributed by atoms with Crippen molar-refractivity contribution >= 4 is 17.5 Å². The molecule has 2 fully saturated rings. The van der Waals surface area contributed by atoms with E-state index >= 15 is 0 Å². The highest BCUT2D eigenvalue weighted by atomic mass is 35.5. The number of hydrogen-bond acceptors (Lipinski definition) is 3. The number of pyridine rings is 1. The van der Waals surface area contributed by atoms with Gasteiger partial charge in [-0.1, -0.05) is 11.6 Å². The van der Waals surface area contributed by atoms with E-state index in [0.29, 0.717) is 22.7 Å². The lowest BCUT2D eigenvalue weighted by Gasteiger charge is -2.26. The van der Waals surface area contributed by atoms with Gasteiger partial charge in [-0.3, -0.25) is 14.7 Å². The number of nitrogens with zero attached hydrogens (tertiary/aromatic N) is 3. The molecular formula is C15H20ClN3O. The van der Waals surface area contributed by atoms with Gasteiger partial charge in [0.25, 0.3) is 5.91 Å². The van der Waals surface area contributed by atoms with E-state index in [2.05, 4.69) is 16.9 Å². The second-order valence-corrected chi connectivity index (χ2v) is 6.30. The Balaban J connectivity index is 1.80. The highest BCUT2D eigenvalue weighted by Crippen LogP contribution is 2.29. The Bertz CT molecular complexity index is 534. The van der Waals surface area contributed by atoms with E-state index in [1.165, 1.54) is 12.8 Å². The number of likely N-dealkylation sites (tertiary alicyclic amines) is 1. The smallest absolute Gasteiger partial charge is 0.256 e. The van der Waals surface area contributed by atoms with E-state index in [0.717, 1.165) is 25.2 Å². The lowest BCUT2D eigenvalue weighted by molar-refractivity contribution is 0.0740. The molecule has 1 aromatic heterocycles. The molecule has 0 aromatic carbocycles. The third-order valence-corrected chi connectivity index (χ3v) is 4.97. The minimum atomic E-state index is 0.0171. The molecule has 0 saturated carbocycles. The van der Waals surface area contributed by atoms with Crippen molar-refractivity contribution in [3.63, 3.8) is 0 Å². The van der Waals surface area contributed by atoms with Crippen LogP contribution in [0.2, 0.25) is 5.02 Å². The molecule has 1 aromatic rings. The number of fused-ring (bicyclic) bond motifs is 2. The van der Waals surface area contributed by atoms with Gasteiger partial charge in [0.1, 0.15) is 0 Å². The zero-order chi connectivity index (χ0) is 14.3. The quantitative estimate of drug-likeness (QED) is 0.797. The Labute approximate surface area is 124 Å². The lowest BCUT2D eigenvalue weighted by atomic mass is 10.1. The Kier molecular flexibility index (Phi) is 3.69. The molecule has 4 nitrogen and oxygen atoms in total. The third kappa shape index (κ3) is 2.42. The van der Waals surface area contributed by atoms with Crippen LogP contribution in [0.4, 0.5) is 0 Å². The zero-order valence-corrected chi connectivity index (χ0v) is 12.7. The summed E-state index contributed by atoms with van der Waals surface area (Å²) in [5.41, 5.74) is 1.36. The fraction of sp³-hybridized carbons (Fsp3) is 0.600. The van der Waals surface area contributed by atoms with Gasteiger partial charge in [0.05, 0.1) is 10.6 Å². The molecule has 2 unspecified atom stereocenters. The van der Waals surface area contributed by atoms with E-state index in [1.54, 1.807) is 12.3 Å². The Morgan fingerprint density at radius 3 is 2.85 bits per heavy atom. The predicted octanol–water partition coefficient (Wildman–Crippen LogP) is 2.35. The number of likely N-dealkylation sites (N-methyl/N-ethyl adjacent to an activating group) is 1. The van der Waals surface area contributed by atoms with Gasteiger partial charge in [-0.05, 0) is 39.3 Å². The molecule has 0 radical (unpaired) electrons. The van der Waals surface area contributed by atoms with E-state index in [9.17, 15) is 4.79 Å². The van der Waals surface area contributed by atoms with E-state index in [-0.39, 0.29) is 5.91 Å². The van der Waals surface area contributed by atoms with Crippen LogP contribution in [0.1, 0.15) is 35.3 Å². The van der Waals surface area contributed by atoms with Gasteiger partial charge in [0.15, 0.2) is 0 Å². The van der Waals surface area contributed by atoms with Gasteiger partial charge in [0.2, 0.25) is 0 Å². The standard InChI is InChI=1S/C15H20ClN3O/c1-10-7-14(16)13(8-17-10)15(20)19-6-5-11-3-4-12(9-19)18(11)2/h7-8,11-12H,3-6,9H2,1-2H3. The van der Waals surface area contributed by atoms with Crippen LogP contribution in [0, 0.1) is 6.92 Å². The van der Waals surface area contributed by atoms with Gasteiger partial charge in [-0.15, -0.1) is 0 Å². The summed E-state index contributed by atoms with van der Waals surface area (Å²) in [6, 6.07) is 2.87. The van der Waals surface area contributed by atoms with Gasteiger partial charge in [-0.2, -0.15) is 0 Å². The molecule has 2 aliphatic rings. The summed E-state index contributed by atoms with van der Waals surface area (Å²) in [6.45, 7) is 3.49. The van der Waals surface area contributed by atoms with Crippen molar-refractivity contribution in [3.8, 4) is 0 Å². The summed E-state index contributed by atoms with van der Waals surface area (Å²) < 4.78 is 0. The van der Waals surface area contributed by atoms with Crippen LogP contribution in [-0.2, 0) is 0 Å². The predicted molar refractivity (Wildman–Crippen MR) is 79.1 cm³/mol. The molecule has 1 amide bonds. The van der Waals surface area contributed by atoms with Crippen molar-refractivity contribution in [2.24, 2.45) is 0 Å². The lowest BCUT2D eigenvalue weighted by Crippen LogP contribution is -2.39. The van der Waals surface area contributed by atoms with Crippen LogP contribution >= 0.6 is 11.6 Å². The highest BCUT2D eigenvalue weighted by molar-refractivity contribution is 6.33. The number of amides is 1. The number of carbonyl (C=O) groups is 1. The number of halogens is 1. The molecule has 3 heterocycles. The first-order valence-electron chi connectivity index (χ1n) is 7.19. The fourth-order valence-electron chi connectivity index (χ4n) is 3.35. The monoisotopic (exact) mass is 293 g/mol. The van der Waals surface area contributed by atoms with Crippen molar-refractivity contribution in [2.45, 2.75) is 38.3 Å². The van der Waals surface area contributed by atoms with E-state index < -0.39 is 0 Å². The van der Waals surface area contributed by atoms with Gasteiger partial charge in [0, 0.05) is 37.1 Å². The Morgan fingerprint density at radius 2 is 2.10 bits per heavy atom. The van der Waals surface area contributed by atoms with Crippen LogP contribution in [0.5, 0.6) is 0 Å². The molecule has 0 N–H and O–H groups in total. The summed E-state index contributed by atoms with van der Waals surface area (Å²) in [5, 5.41) is 0.505. The summed E-state index contributed by atoms with van der Waals surface area (Å²) in [5.74, 6) is 0.0171. The summed E-state index contributed by atoms with van der Waals surface area (Å²) in [4.78, 5) is 21.2. The maximum Gasteiger partial charge on any atom is 0.256 e. The minimum absolute atomic E-state index is 0.0171. The Hall–Kier alpha value is -1.13. The van der Waals surface area contributed by atoms with Crippen molar-refractivity contribution in [1.29, 1.82) is 0 Å². The first kappa shape index (κ1) is 13.8. The van der Waals surface area contributed by atoms with Gasteiger partial charge >= 0.3 is 0 Å². The summed E-state index contributed by atoms with van der Waals surface area (Å²) in [6.07, 6.45) is 5.10. The van der Waals surface area contributed by atoms with Crippen molar-refractivity contribution < 1.29 is 4.79 Å². The Morgan fingerprint density at radius 1 is 1.35 bits per heavy atom. The van der Waals surface area contributed by atoms with Crippen molar-refractivity contribution in [1.82, 2.24) is 14.8 Å².